The van der Waals surface area contributed by atoms with Crippen molar-refractivity contribution in [3.63, 3.8) is 0 Å². The first-order valence-electron chi connectivity index (χ1n) is 21.4. The molecule has 4 heterocycles. The summed E-state index contributed by atoms with van der Waals surface area (Å²) in [6, 6.07) is 11.8. The number of aromatic hydroxyl groups is 1. The minimum atomic E-state index is -0.973. The minimum absolute atomic E-state index is 0.0239. The number of pyridine rings is 1. The van der Waals surface area contributed by atoms with Gasteiger partial charge in [0.1, 0.15) is 17.8 Å². The van der Waals surface area contributed by atoms with Crippen LogP contribution in [0.4, 0.5) is 0 Å². The number of phenolic OH excluding ortho intramolecular Hbond substituents is 1. The number of ether oxygens (including phenoxy) is 2. The first-order chi connectivity index (χ1) is 29.2. The lowest BCUT2D eigenvalue weighted by Crippen LogP contribution is -2.61. The molecule has 3 amide bonds. The van der Waals surface area contributed by atoms with E-state index in [0.717, 1.165) is 57.3 Å². The van der Waals surface area contributed by atoms with Crippen LogP contribution < -0.4 is 10.7 Å². The number of carbonyl (C=O) groups excluding carboxylic acids is 4. The van der Waals surface area contributed by atoms with Crippen molar-refractivity contribution >= 4 is 35.1 Å². The molecule has 4 aromatic rings. The maximum Gasteiger partial charge on any atom is 0.293 e. The zero-order valence-electron chi connectivity index (χ0n) is 37.0. The van der Waals surface area contributed by atoms with Crippen LogP contribution in [0.2, 0.25) is 0 Å². The number of rotatable bonds is 18. The van der Waals surface area contributed by atoms with Gasteiger partial charge >= 0.3 is 0 Å². The van der Waals surface area contributed by atoms with Crippen molar-refractivity contribution in [1.82, 2.24) is 35.1 Å². The first-order valence-corrected chi connectivity index (χ1v) is 21.4. The Morgan fingerprint density at radius 1 is 1.10 bits per heavy atom. The zero-order valence-corrected chi connectivity index (χ0v) is 37.0. The third-order valence-corrected chi connectivity index (χ3v) is 12.0. The summed E-state index contributed by atoms with van der Waals surface area (Å²) in [5.41, 5.74) is 10.1. The molecule has 0 bridgehead atoms. The van der Waals surface area contributed by atoms with Crippen LogP contribution in [0.5, 0.6) is 5.75 Å². The Balaban J connectivity index is 1.39. The highest BCUT2D eigenvalue weighted by Crippen LogP contribution is 2.41. The summed E-state index contributed by atoms with van der Waals surface area (Å²) in [5.74, 6) is -1.11. The van der Waals surface area contributed by atoms with Gasteiger partial charge in [0.25, 0.3) is 12.4 Å². The minimum Gasteiger partial charge on any atom is -0.508 e. The number of aryl methyl sites for hydroxylation is 1. The standard InChI is InChI=1S/C47H63N7O7/c1-9-53-41-13-12-32(22-37(41)38(23-47(4,5)28-61-29-55)43(53)39-24-48-16-14-33(39)27-60-8)34-18-31(19-36(56)21-34)20-40(46(59)54-17-11-10-15-49-54)50-44(57)42(30(2)3)52(7)45(58)35-25-51(6)26-35/h12-14,16,18-19,21-22,24,29-30,35,40,42,49,56H,9-11,15,17,20,23,25-28H2,1-8H3,(H,50,57). The monoisotopic (exact) mass is 837 g/mol. The third-order valence-electron chi connectivity index (χ3n) is 12.0. The number of nitrogens with zero attached hydrogens (tertiary/aromatic N) is 5. The van der Waals surface area contributed by atoms with Crippen LogP contribution in [0.25, 0.3) is 33.3 Å². The summed E-state index contributed by atoms with van der Waals surface area (Å²) in [5, 5.41) is 16.9. The number of fused-ring (bicyclic) bond motifs is 1. The second kappa shape index (κ2) is 19.6. The highest BCUT2D eigenvalue weighted by atomic mass is 16.5. The van der Waals surface area contributed by atoms with E-state index in [0.29, 0.717) is 57.8 Å². The molecule has 328 valence electrons. The van der Waals surface area contributed by atoms with Crippen LogP contribution in [0.3, 0.4) is 0 Å². The van der Waals surface area contributed by atoms with Crippen LogP contribution in [0.15, 0.2) is 54.9 Å². The predicted octanol–water partition coefficient (Wildman–Crippen LogP) is 5.18. The van der Waals surface area contributed by atoms with Crippen molar-refractivity contribution in [3.8, 4) is 28.1 Å². The number of aromatic nitrogens is 2. The van der Waals surface area contributed by atoms with Crippen molar-refractivity contribution in [2.75, 3.05) is 54.0 Å². The Bertz CT molecular complexity index is 2210. The van der Waals surface area contributed by atoms with Gasteiger partial charge in [-0.3, -0.25) is 29.2 Å². The predicted molar refractivity (Wildman–Crippen MR) is 235 cm³/mol. The largest absolute Gasteiger partial charge is 0.508 e. The Kier molecular flexibility index (Phi) is 14.5. The molecule has 2 atom stereocenters. The van der Waals surface area contributed by atoms with Gasteiger partial charge in [0.05, 0.1) is 24.8 Å². The fourth-order valence-corrected chi connectivity index (χ4v) is 9.05. The van der Waals surface area contributed by atoms with E-state index < -0.39 is 23.4 Å². The van der Waals surface area contributed by atoms with Crippen molar-refractivity contribution in [3.05, 3.63) is 71.5 Å². The van der Waals surface area contributed by atoms with Gasteiger partial charge in [-0.15, -0.1) is 0 Å². The zero-order chi connectivity index (χ0) is 44.0. The molecule has 0 radical (unpaired) electrons. The number of phenols is 1. The van der Waals surface area contributed by atoms with Crippen molar-refractivity contribution in [1.29, 1.82) is 0 Å². The number of likely N-dealkylation sites (tertiary alicyclic amines) is 1. The second-order valence-corrected chi connectivity index (χ2v) is 17.8. The van der Waals surface area contributed by atoms with E-state index in [1.165, 1.54) is 4.90 Å². The van der Waals surface area contributed by atoms with Crippen molar-refractivity contribution in [2.45, 2.75) is 85.5 Å². The van der Waals surface area contributed by atoms with Crippen LogP contribution in [-0.2, 0) is 54.6 Å². The first kappa shape index (κ1) is 45.2. The summed E-state index contributed by atoms with van der Waals surface area (Å²) >= 11 is 0. The molecule has 3 N–H and O–H groups in total. The van der Waals surface area contributed by atoms with Crippen LogP contribution in [0.1, 0.15) is 64.2 Å². The highest BCUT2D eigenvalue weighted by Gasteiger charge is 2.39. The summed E-state index contributed by atoms with van der Waals surface area (Å²) in [7, 11) is 5.30. The van der Waals surface area contributed by atoms with Gasteiger partial charge in [0.15, 0.2) is 0 Å². The number of methoxy groups -OCH3 is 1. The maximum absolute atomic E-state index is 14.2. The number of likely N-dealkylation sites (N-methyl/N-ethyl adjacent to an activating group) is 1. The molecule has 2 saturated heterocycles. The number of carbonyl (C=O) groups is 4. The van der Waals surface area contributed by atoms with E-state index in [4.69, 9.17) is 9.47 Å². The lowest BCUT2D eigenvalue weighted by molar-refractivity contribution is -0.148. The molecule has 14 nitrogen and oxygen atoms in total. The van der Waals surface area contributed by atoms with Gasteiger partial charge in [0.2, 0.25) is 11.8 Å². The van der Waals surface area contributed by atoms with E-state index in [-0.39, 0.29) is 42.4 Å². The summed E-state index contributed by atoms with van der Waals surface area (Å²) in [4.78, 5) is 61.3. The van der Waals surface area contributed by atoms with Gasteiger partial charge in [-0.1, -0.05) is 39.8 Å². The highest BCUT2D eigenvalue weighted by molar-refractivity contribution is 5.96. The molecule has 2 aliphatic rings. The van der Waals surface area contributed by atoms with Crippen molar-refractivity contribution < 1.29 is 33.8 Å². The molecule has 14 heteroatoms. The molecule has 6 rings (SSSR count). The Morgan fingerprint density at radius 3 is 2.52 bits per heavy atom. The van der Waals surface area contributed by atoms with Gasteiger partial charge in [-0.2, -0.15) is 0 Å². The van der Waals surface area contributed by atoms with E-state index >= 15 is 0 Å². The molecule has 2 aromatic carbocycles. The molecule has 2 aliphatic heterocycles. The summed E-state index contributed by atoms with van der Waals surface area (Å²) in [6.45, 7) is 14.3. The lowest BCUT2D eigenvalue weighted by Gasteiger charge is -2.40. The Morgan fingerprint density at radius 2 is 1.87 bits per heavy atom. The van der Waals surface area contributed by atoms with Gasteiger partial charge in [0, 0.05) is 87.6 Å². The second-order valence-electron chi connectivity index (χ2n) is 17.8. The molecular formula is C47H63N7O7. The molecule has 2 unspecified atom stereocenters. The van der Waals surface area contributed by atoms with Gasteiger partial charge in [-0.05, 0) is 97.3 Å². The number of amides is 3. The average molecular weight is 838 g/mol. The number of hydrazine groups is 1. The molecule has 0 saturated carbocycles. The van der Waals surface area contributed by atoms with Gasteiger partial charge in [-0.25, -0.2) is 5.43 Å². The Labute approximate surface area is 359 Å². The SMILES string of the molecule is CCn1c(-c2cnccc2COC)c(CC(C)(C)COC=O)c2cc(-c3cc(O)cc(CC(NC(=O)C(C(C)C)N(C)C(=O)C4CN(C)C4)C(=O)N4CCCCN4)c3)ccc21. The molecule has 61 heavy (non-hydrogen) atoms. The van der Waals surface area contributed by atoms with Gasteiger partial charge < -0.3 is 34.3 Å². The third kappa shape index (κ3) is 10.3. The number of hydrogen-bond acceptors (Lipinski definition) is 10. The van der Waals surface area contributed by atoms with E-state index in [1.807, 2.05) is 45.3 Å². The molecular weight excluding hydrogens is 775 g/mol. The number of nitrogens with one attached hydrogen (secondary N) is 2. The van der Waals surface area contributed by atoms with E-state index in [1.54, 1.807) is 37.5 Å². The quantitative estimate of drug-likeness (QED) is 0.114. The van der Waals surface area contributed by atoms with Crippen LogP contribution >= 0.6 is 0 Å². The van der Waals surface area contributed by atoms with Crippen molar-refractivity contribution in [2.24, 2.45) is 17.3 Å². The smallest absolute Gasteiger partial charge is 0.293 e. The Hall–Kier alpha value is -5.31. The van der Waals surface area contributed by atoms with E-state index in [2.05, 4.69) is 58.1 Å². The molecule has 0 spiro atoms. The van der Waals surface area contributed by atoms with Crippen LogP contribution in [0, 0.1) is 17.3 Å². The van der Waals surface area contributed by atoms with E-state index in [9.17, 15) is 24.3 Å². The lowest BCUT2D eigenvalue weighted by atomic mass is 9.84. The fraction of sp³-hybridized carbons (Fsp3) is 0.511. The fourth-order valence-electron chi connectivity index (χ4n) is 9.05. The molecule has 0 aliphatic carbocycles. The average Bonchev–Trinajstić information content (AvgIpc) is 3.52. The maximum atomic E-state index is 14.2. The summed E-state index contributed by atoms with van der Waals surface area (Å²) < 4.78 is 13.2. The normalized spacial score (nSPS) is 16.0. The molecule has 2 fully saturated rings. The summed E-state index contributed by atoms with van der Waals surface area (Å²) in [6.07, 6.45) is 6.10. The molecule has 2 aromatic heterocycles. The topological polar surface area (TPSA) is 159 Å². The number of benzene rings is 2. The van der Waals surface area contributed by atoms with Crippen LogP contribution in [-0.4, -0.2) is 120 Å². The number of hydrogen-bond donors (Lipinski definition) is 3.